The molecule has 234 valence electrons. The van der Waals surface area contributed by atoms with Gasteiger partial charge in [0.05, 0.1) is 35.2 Å². The van der Waals surface area contributed by atoms with Crippen LogP contribution < -0.4 is 10.1 Å². The number of carboxylic acid groups (broad SMARTS) is 1. The number of rotatable bonds is 10. The Kier molecular flexibility index (Phi) is 10.1. The van der Waals surface area contributed by atoms with Gasteiger partial charge in [-0.15, -0.1) is 0 Å². The molecule has 5 rings (SSSR count). The molecule has 0 aliphatic carbocycles. The fourth-order valence-corrected chi connectivity index (χ4v) is 5.31. The summed E-state index contributed by atoms with van der Waals surface area (Å²) in [7, 11) is 1.55. The van der Waals surface area contributed by atoms with Crippen molar-refractivity contribution in [1.82, 2.24) is 9.55 Å². The minimum absolute atomic E-state index is 0.216. The molecule has 0 saturated heterocycles. The highest BCUT2D eigenvalue weighted by Crippen LogP contribution is 2.32. The van der Waals surface area contributed by atoms with Gasteiger partial charge in [-0.05, 0) is 84.6 Å². The summed E-state index contributed by atoms with van der Waals surface area (Å²) in [4.78, 5) is 28.4. The van der Waals surface area contributed by atoms with Crippen molar-refractivity contribution in [2.45, 2.75) is 26.5 Å². The van der Waals surface area contributed by atoms with Crippen LogP contribution in [0.2, 0.25) is 10.0 Å². The van der Waals surface area contributed by atoms with Crippen molar-refractivity contribution in [2.24, 2.45) is 0 Å². The third-order valence-electron chi connectivity index (χ3n) is 6.99. The largest absolute Gasteiger partial charge is 0.495 e. The van der Waals surface area contributed by atoms with Crippen molar-refractivity contribution in [3.8, 4) is 28.1 Å². The van der Waals surface area contributed by atoms with Gasteiger partial charge < -0.3 is 19.1 Å². The molecule has 0 bridgehead atoms. The molecule has 8 nitrogen and oxygen atoms in total. The summed E-state index contributed by atoms with van der Waals surface area (Å²) in [6.07, 6.45) is 4.97. The Hall–Kier alpha value is -5.05. The Labute approximate surface area is 276 Å². The van der Waals surface area contributed by atoms with Gasteiger partial charge >= 0.3 is 12.1 Å². The monoisotopic (exact) mass is 655 g/mol. The normalized spacial score (nSPS) is 11.2. The SMILES string of the molecule is COc1cc(-c2ccc(/C=C/c3nc(-c4ccc(Cl)cc4Cl)cn3Cc3cccc(C(=O)O)c3)cc2)ccc1NC(=O)OC(C)C. The van der Waals surface area contributed by atoms with Crippen LogP contribution in [0.5, 0.6) is 5.75 Å². The molecule has 1 amide bonds. The number of hydrogen-bond acceptors (Lipinski definition) is 5. The zero-order valence-corrected chi connectivity index (χ0v) is 26.8. The molecule has 0 spiro atoms. The predicted molar refractivity (Wildman–Crippen MR) is 183 cm³/mol. The van der Waals surface area contributed by atoms with E-state index >= 15 is 0 Å². The zero-order chi connectivity index (χ0) is 32.8. The van der Waals surface area contributed by atoms with Crippen molar-refractivity contribution in [1.29, 1.82) is 0 Å². The first kappa shape index (κ1) is 32.3. The van der Waals surface area contributed by atoms with Crippen molar-refractivity contribution >= 4 is 53.1 Å². The van der Waals surface area contributed by atoms with E-state index in [1.54, 1.807) is 57.4 Å². The van der Waals surface area contributed by atoms with Crippen molar-refractivity contribution in [2.75, 3.05) is 12.4 Å². The van der Waals surface area contributed by atoms with Crippen LogP contribution in [-0.4, -0.2) is 39.9 Å². The van der Waals surface area contributed by atoms with Crippen LogP contribution in [-0.2, 0) is 11.3 Å². The number of imidazole rings is 1. The molecule has 2 N–H and O–H groups in total. The van der Waals surface area contributed by atoms with Crippen LogP contribution >= 0.6 is 23.2 Å². The van der Waals surface area contributed by atoms with E-state index in [4.69, 9.17) is 37.7 Å². The highest BCUT2D eigenvalue weighted by atomic mass is 35.5. The molecular weight excluding hydrogens is 625 g/mol. The van der Waals surface area contributed by atoms with Gasteiger partial charge in [0.15, 0.2) is 0 Å². The molecule has 0 unspecified atom stereocenters. The molecule has 4 aromatic carbocycles. The number of anilines is 1. The number of hydrogen-bond donors (Lipinski definition) is 2. The van der Waals surface area contributed by atoms with E-state index in [9.17, 15) is 14.7 Å². The smallest absolute Gasteiger partial charge is 0.411 e. The summed E-state index contributed by atoms with van der Waals surface area (Å²) in [5.74, 6) is 0.191. The second kappa shape index (κ2) is 14.4. The van der Waals surface area contributed by atoms with E-state index in [-0.39, 0.29) is 11.7 Å². The van der Waals surface area contributed by atoms with Crippen molar-refractivity contribution in [3.63, 3.8) is 0 Å². The molecule has 5 aromatic rings. The van der Waals surface area contributed by atoms with Gasteiger partial charge in [0, 0.05) is 23.3 Å². The third-order valence-corrected chi connectivity index (χ3v) is 7.54. The number of aromatic nitrogens is 2. The lowest BCUT2D eigenvalue weighted by atomic mass is 10.0. The fourth-order valence-electron chi connectivity index (χ4n) is 4.80. The lowest BCUT2D eigenvalue weighted by molar-refractivity contribution is 0.0696. The van der Waals surface area contributed by atoms with Gasteiger partial charge in [-0.1, -0.05) is 71.7 Å². The van der Waals surface area contributed by atoms with E-state index in [0.717, 1.165) is 27.8 Å². The number of amides is 1. The Morgan fingerprint density at radius 1 is 0.957 bits per heavy atom. The summed E-state index contributed by atoms with van der Waals surface area (Å²) in [6.45, 7) is 3.97. The standard InChI is InChI=1S/C36H31Cl2N3O5/c1-22(2)46-36(44)40-31-15-12-26(18-33(31)45-3)25-10-7-23(8-11-25)9-16-34-39-32(29-14-13-28(37)19-30(29)38)21-41(34)20-24-5-4-6-27(17-24)35(42)43/h4-19,21-22H,20H2,1-3H3,(H,40,44)(H,42,43)/b16-9+. The fraction of sp³-hybridized carbons (Fsp3) is 0.139. The van der Waals surface area contributed by atoms with Gasteiger partial charge in [-0.2, -0.15) is 0 Å². The topological polar surface area (TPSA) is 103 Å². The Morgan fingerprint density at radius 3 is 2.41 bits per heavy atom. The van der Waals surface area contributed by atoms with Crippen LogP contribution in [0, 0.1) is 0 Å². The van der Waals surface area contributed by atoms with E-state index < -0.39 is 12.1 Å². The third kappa shape index (κ3) is 7.96. The maximum Gasteiger partial charge on any atom is 0.411 e. The van der Waals surface area contributed by atoms with E-state index in [1.807, 2.05) is 71.4 Å². The van der Waals surface area contributed by atoms with Gasteiger partial charge in [0.1, 0.15) is 11.6 Å². The van der Waals surface area contributed by atoms with E-state index in [2.05, 4.69) is 5.32 Å². The van der Waals surface area contributed by atoms with E-state index in [0.29, 0.717) is 39.5 Å². The number of carbonyl (C=O) groups excluding carboxylic acids is 1. The Balaban J connectivity index is 1.40. The lowest BCUT2D eigenvalue weighted by Crippen LogP contribution is -2.18. The summed E-state index contributed by atoms with van der Waals surface area (Å²) in [6, 6.07) is 25.6. The van der Waals surface area contributed by atoms with Crippen LogP contribution in [0.3, 0.4) is 0 Å². The highest BCUT2D eigenvalue weighted by molar-refractivity contribution is 6.36. The summed E-state index contributed by atoms with van der Waals surface area (Å²) in [5.41, 5.74) is 5.77. The molecule has 0 saturated carbocycles. The zero-order valence-electron chi connectivity index (χ0n) is 25.3. The van der Waals surface area contributed by atoms with Crippen LogP contribution in [0.15, 0.2) is 91.1 Å². The van der Waals surface area contributed by atoms with Crippen LogP contribution in [0.4, 0.5) is 10.5 Å². The molecule has 0 radical (unpaired) electrons. The summed E-state index contributed by atoms with van der Waals surface area (Å²) >= 11 is 12.6. The van der Waals surface area contributed by atoms with Gasteiger partial charge in [0.2, 0.25) is 0 Å². The first-order valence-electron chi connectivity index (χ1n) is 14.4. The second-order valence-corrected chi connectivity index (χ2v) is 11.5. The molecule has 10 heteroatoms. The molecule has 0 aliphatic heterocycles. The number of ether oxygens (including phenoxy) is 2. The average Bonchev–Trinajstić information content (AvgIpc) is 3.42. The molecule has 0 aliphatic rings. The molecule has 46 heavy (non-hydrogen) atoms. The molecule has 0 fully saturated rings. The molecule has 0 atom stereocenters. The number of benzene rings is 4. The number of nitrogens with zero attached hydrogens (tertiary/aromatic N) is 2. The summed E-state index contributed by atoms with van der Waals surface area (Å²) < 4.78 is 12.6. The minimum atomic E-state index is -0.984. The maximum absolute atomic E-state index is 12.1. The van der Waals surface area contributed by atoms with Gasteiger partial charge in [0.25, 0.3) is 0 Å². The quantitative estimate of drug-likeness (QED) is 0.155. The van der Waals surface area contributed by atoms with Gasteiger partial charge in [-0.25, -0.2) is 14.6 Å². The number of halogens is 2. The minimum Gasteiger partial charge on any atom is -0.495 e. The number of carboxylic acids is 1. The van der Waals surface area contributed by atoms with Crippen LogP contribution in [0.1, 0.15) is 41.2 Å². The average molecular weight is 657 g/mol. The highest BCUT2D eigenvalue weighted by Gasteiger charge is 2.14. The number of methoxy groups -OCH3 is 1. The van der Waals surface area contributed by atoms with Crippen LogP contribution in [0.25, 0.3) is 34.5 Å². The van der Waals surface area contributed by atoms with Crippen molar-refractivity contribution < 1.29 is 24.2 Å². The molecule has 1 heterocycles. The maximum atomic E-state index is 12.1. The summed E-state index contributed by atoms with van der Waals surface area (Å²) in [5, 5.41) is 13.2. The number of nitrogens with one attached hydrogen (secondary N) is 1. The second-order valence-electron chi connectivity index (χ2n) is 10.7. The molecule has 1 aromatic heterocycles. The Morgan fingerprint density at radius 2 is 1.72 bits per heavy atom. The first-order chi connectivity index (χ1) is 22.1. The number of carbonyl (C=O) groups is 2. The predicted octanol–water partition coefficient (Wildman–Crippen LogP) is 9.41. The molecular formula is C36H31Cl2N3O5. The Bertz CT molecular complexity index is 1920. The van der Waals surface area contributed by atoms with E-state index in [1.165, 1.54) is 0 Å². The van der Waals surface area contributed by atoms with Crippen molar-refractivity contribution in [3.05, 3.63) is 124 Å². The first-order valence-corrected chi connectivity index (χ1v) is 15.1. The number of aromatic carboxylic acids is 1. The van der Waals surface area contributed by atoms with Gasteiger partial charge in [-0.3, -0.25) is 5.32 Å². The lowest BCUT2D eigenvalue weighted by Gasteiger charge is -2.13.